The van der Waals surface area contributed by atoms with Gasteiger partial charge in [-0.3, -0.25) is 0 Å². The average molecular weight is 433 g/mol. The Morgan fingerprint density at radius 1 is 1.16 bits per heavy atom. The Labute approximate surface area is 187 Å². The van der Waals surface area contributed by atoms with Crippen molar-refractivity contribution in [2.45, 2.75) is 26.2 Å². The van der Waals surface area contributed by atoms with Crippen LogP contribution >= 0.6 is 0 Å². The molecule has 7 nitrogen and oxygen atoms in total. The summed E-state index contributed by atoms with van der Waals surface area (Å²) < 4.78 is 5.08. The van der Waals surface area contributed by atoms with Crippen LogP contribution in [0, 0.1) is 5.92 Å². The maximum Gasteiger partial charge on any atom is 0.338 e. The van der Waals surface area contributed by atoms with E-state index in [9.17, 15) is 9.90 Å². The largest absolute Gasteiger partial charge is 0.507 e. The number of benzene rings is 2. The van der Waals surface area contributed by atoms with Crippen LogP contribution in [0.1, 0.15) is 42.1 Å². The molecule has 166 valence electrons. The Morgan fingerprint density at radius 3 is 2.62 bits per heavy atom. The number of phenolic OH excluding ortho intramolecular Hbond substituents is 1. The summed E-state index contributed by atoms with van der Waals surface area (Å²) in [6.45, 7) is 6.02. The van der Waals surface area contributed by atoms with Crippen LogP contribution in [0.5, 0.6) is 5.75 Å². The lowest BCUT2D eigenvalue weighted by Crippen LogP contribution is -2.39. The maximum atomic E-state index is 12.0. The van der Waals surface area contributed by atoms with Gasteiger partial charge in [-0.05, 0) is 55.2 Å². The van der Waals surface area contributed by atoms with E-state index < -0.39 is 0 Å². The van der Waals surface area contributed by atoms with Crippen LogP contribution in [0.2, 0.25) is 0 Å². The van der Waals surface area contributed by atoms with Crippen LogP contribution in [0.15, 0.2) is 54.6 Å². The minimum atomic E-state index is -0.301. The van der Waals surface area contributed by atoms with Crippen molar-refractivity contribution in [1.29, 1.82) is 0 Å². The van der Waals surface area contributed by atoms with Gasteiger partial charge >= 0.3 is 5.97 Å². The number of anilines is 2. The fourth-order valence-corrected chi connectivity index (χ4v) is 4.36. The molecular formula is C25H28N4O3. The van der Waals surface area contributed by atoms with Gasteiger partial charge in [-0.25, -0.2) is 4.79 Å². The van der Waals surface area contributed by atoms with E-state index in [1.54, 1.807) is 19.1 Å². The number of hydrogen-bond acceptors (Lipinski definition) is 7. The van der Waals surface area contributed by atoms with Crippen molar-refractivity contribution in [2.24, 2.45) is 5.92 Å². The van der Waals surface area contributed by atoms with Gasteiger partial charge in [-0.2, -0.15) is 0 Å². The van der Waals surface area contributed by atoms with Crippen molar-refractivity contribution in [2.75, 3.05) is 30.3 Å². The predicted molar refractivity (Wildman–Crippen MR) is 125 cm³/mol. The molecule has 0 aliphatic carbocycles. The van der Waals surface area contributed by atoms with Crippen molar-refractivity contribution in [3.8, 4) is 17.0 Å². The summed E-state index contributed by atoms with van der Waals surface area (Å²) in [7, 11) is 0. The highest BCUT2D eigenvalue weighted by Crippen LogP contribution is 2.36. The van der Waals surface area contributed by atoms with E-state index in [1.165, 1.54) is 5.56 Å². The predicted octanol–water partition coefficient (Wildman–Crippen LogP) is 4.24. The van der Waals surface area contributed by atoms with Crippen LogP contribution < -0.4 is 10.6 Å². The number of esters is 1. The average Bonchev–Trinajstić information content (AvgIpc) is 2.80. The molecule has 3 aromatic rings. The minimum Gasteiger partial charge on any atom is -0.507 e. The Bertz CT molecular complexity index is 1100. The third kappa shape index (κ3) is 4.51. The molecule has 0 spiro atoms. The molecule has 0 unspecified atom stereocenters. The summed E-state index contributed by atoms with van der Waals surface area (Å²) in [5.41, 5.74) is 9.98. The number of rotatable bonds is 5. The minimum absolute atomic E-state index is 0.157. The molecule has 0 radical (unpaired) electrons. The molecule has 1 saturated heterocycles. The number of carbonyl (C=O) groups is 1. The molecule has 2 atom stereocenters. The molecule has 0 saturated carbocycles. The molecule has 3 N–H and O–H groups in total. The van der Waals surface area contributed by atoms with E-state index >= 15 is 0 Å². The van der Waals surface area contributed by atoms with Crippen LogP contribution in [0.3, 0.4) is 0 Å². The Morgan fingerprint density at radius 2 is 1.91 bits per heavy atom. The number of nitrogens with two attached hydrogens (primary N) is 1. The summed E-state index contributed by atoms with van der Waals surface area (Å²) in [6, 6.07) is 16.6. The summed E-state index contributed by atoms with van der Waals surface area (Å²) in [5.74, 6) is 0.958. The van der Waals surface area contributed by atoms with E-state index in [0.717, 1.165) is 25.2 Å². The topological polar surface area (TPSA) is 102 Å². The van der Waals surface area contributed by atoms with Gasteiger partial charge in [0.25, 0.3) is 0 Å². The number of nitrogens with zero attached hydrogens (tertiary/aromatic N) is 3. The molecule has 1 aliphatic heterocycles. The van der Waals surface area contributed by atoms with Gasteiger partial charge in [0.2, 0.25) is 0 Å². The Hall–Kier alpha value is -3.61. The van der Waals surface area contributed by atoms with E-state index in [1.807, 2.05) is 42.5 Å². The van der Waals surface area contributed by atoms with Crippen molar-refractivity contribution in [3.63, 3.8) is 0 Å². The first kappa shape index (κ1) is 21.6. The lowest BCUT2D eigenvalue weighted by atomic mass is 9.85. The molecule has 1 aliphatic rings. The van der Waals surface area contributed by atoms with Crippen LogP contribution in [-0.4, -0.2) is 41.0 Å². The third-order valence-electron chi connectivity index (χ3n) is 5.87. The highest BCUT2D eigenvalue weighted by molar-refractivity contribution is 5.89. The van der Waals surface area contributed by atoms with Gasteiger partial charge < -0.3 is 20.5 Å². The van der Waals surface area contributed by atoms with E-state index in [0.29, 0.717) is 35.2 Å². The van der Waals surface area contributed by atoms with Gasteiger partial charge in [0.05, 0.1) is 23.6 Å². The van der Waals surface area contributed by atoms with Gasteiger partial charge in [-0.1, -0.05) is 31.2 Å². The standard InChI is InChI=1S/C25H28N4O3/c1-3-32-25(31)18-10-8-17(9-11-18)19-12-16(2)14-29(15-19)22-13-21(27-28-24(22)26)20-6-4-5-7-23(20)30/h4-11,13,16,19,30H,3,12,14-15H2,1-2H3,(H2,26,28)/t16-,19-/m0/s1. The molecule has 0 bridgehead atoms. The fraction of sp³-hybridized carbons (Fsp3) is 0.320. The second-order valence-corrected chi connectivity index (χ2v) is 8.30. The highest BCUT2D eigenvalue weighted by Gasteiger charge is 2.28. The lowest BCUT2D eigenvalue weighted by molar-refractivity contribution is 0.0526. The monoisotopic (exact) mass is 432 g/mol. The van der Waals surface area contributed by atoms with Crippen molar-refractivity contribution >= 4 is 17.5 Å². The first-order chi connectivity index (χ1) is 15.5. The van der Waals surface area contributed by atoms with E-state index in [4.69, 9.17) is 10.5 Å². The molecule has 4 rings (SSSR count). The molecular weight excluding hydrogens is 404 g/mol. The number of aromatic nitrogens is 2. The number of para-hydroxylation sites is 1. The maximum absolute atomic E-state index is 12.0. The Balaban J connectivity index is 1.59. The van der Waals surface area contributed by atoms with Crippen molar-refractivity contribution < 1.29 is 14.6 Å². The number of phenols is 1. The van der Waals surface area contributed by atoms with Crippen LogP contribution in [0.4, 0.5) is 11.5 Å². The first-order valence-electron chi connectivity index (χ1n) is 10.9. The van der Waals surface area contributed by atoms with E-state index in [-0.39, 0.29) is 17.6 Å². The SMILES string of the molecule is CCOC(=O)c1ccc([C@H]2C[C@H](C)CN(c3cc(-c4ccccc4O)nnc3N)C2)cc1. The number of carbonyl (C=O) groups excluding carboxylic acids is 1. The molecule has 1 aromatic heterocycles. The summed E-state index contributed by atoms with van der Waals surface area (Å²) in [5, 5.41) is 18.6. The van der Waals surface area contributed by atoms with Crippen molar-refractivity contribution in [1.82, 2.24) is 10.2 Å². The van der Waals surface area contributed by atoms with Gasteiger partial charge in [-0.15, -0.1) is 10.2 Å². The number of piperidine rings is 1. The van der Waals surface area contributed by atoms with Crippen molar-refractivity contribution in [3.05, 3.63) is 65.7 Å². The summed E-state index contributed by atoms with van der Waals surface area (Å²) in [4.78, 5) is 14.2. The normalized spacial score (nSPS) is 18.4. The molecule has 1 fully saturated rings. The molecule has 7 heteroatoms. The van der Waals surface area contributed by atoms with Gasteiger partial charge in [0.1, 0.15) is 5.75 Å². The lowest BCUT2D eigenvalue weighted by Gasteiger charge is -2.38. The molecule has 0 amide bonds. The van der Waals surface area contributed by atoms with Gasteiger partial charge in [0, 0.05) is 24.6 Å². The summed E-state index contributed by atoms with van der Waals surface area (Å²) >= 11 is 0. The molecule has 2 heterocycles. The van der Waals surface area contributed by atoms with Crippen LogP contribution in [0.25, 0.3) is 11.3 Å². The second-order valence-electron chi connectivity index (χ2n) is 8.30. The molecule has 32 heavy (non-hydrogen) atoms. The Kier molecular flexibility index (Phi) is 6.25. The highest BCUT2D eigenvalue weighted by atomic mass is 16.5. The quantitative estimate of drug-likeness (QED) is 0.582. The third-order valence-corrected chi connectivity index (χ3v) is 5.87. The fourth-order valence-electron chi connectivity index (χ4n) is 4.36. The molecule has 2 aromatic carbocycles. The number of nitrogen functional groups attached to an aromatic ring is 1. The van der Waals surface area contributed by atoms with E-state index in [2.05, 4.69) is 22.0 Å². The van der Waals surface area contributed by atoms with Gasteiger partial charge in [0.15, 0.2) is 5.82 Å². The zero-order valence-corrected chi connectivity index (χ0v) is 18.4. The second kappa shape index (κ2) is 9.26. The number of ether oxygens (including phenoxy) is 1. The van der Waals surface area contributed by atoms with Crippen LogP contribution in [-0.2, 0) is 4.74 Å². The number of aromatic hydroxyl groups is 1. The number of hydrogen-bond donors (Lipinski definition) is 2. The smallest absolute Gasteiger partial charge is 0.338 e. The first-order valence-corrected chi connectivity index (χ1v) is 10.9. The zero-order valence-electron chi connectivity index (χ0n) is 18.4. The zero-order chi connectivity index (χ0) is 22.7. The summed E-state index contributed by atoms with van der Waals surface area (Å²) in [6.07, 6.45) is 1.04.